The van der Waals surface area contributed by atoms with Gasteiger partial charge in [-0.25, -0.2) is 4.68 Å². The van der Waals surface area contributed by atoms with Crippen molar-refractivity contribution in [2.24, 2.45) is 0 Å². The first-order chi connectivity index (χ1) is 11.5. The Bertz CT molecular complexity index is 991. The maximum Gasteiger partial charge on any atom is 0.291 e. The van der Waals surface area contributed by atoms with Crippen molar-refractivity contribution in [2.45, 2.75) is 20.4 Å². The van der Waals surface area contributed by atoms with Gasteiger partial charge < -0.3 is 14.1 Å². The summed E-state index contributed by atoms with van der Waals surface area (Å²) in [6.07, 6.45) is 0. The summed E-state index contributed by atoms with van der Waals surface area (Å²) in [4.78, 5) is 26.8. The molecule has 0 aromatic carbocycles. The molecule has 0 spiro atoms. The van der Waals surface area contributed by atoms with E-state index >= 15 is 0 Å². The number of morpholine rings is 1. The van der Waals surface area contributed by atoms with Crippen LogP contribution in [0.2, 0.25) is 0 Å². The van der Waals surface area contributed by atoms with Crippen molar-refractivity contribution >= 4 is 22.5 Å². The molecule has 8 heteroatoms. The maximum atomic E-state index is 12.7. The quantitative estimate of drug-likeness (QED) is 0.691. The first-order valence-corrected chi connectivity index (χ1v) is 7.89. The number of rotatable bonds is 2. The van der Waals surface area contributed by atoms with E-state index in [0.29, 0.717) is 43.2 Å². The predicted octanol–water partition coefficient (Wildman–Crippen LogP) is 0.718. The first-order valence-electron chi connectivity index (χ1n) is 7.89. The number of aromatic nitrogens is 3. The number of hydrogen-bond donors (Lipinski definition) is 0. The van der Waals surface area contributed by atoms with Crippen molar-refractivity contribution in [3.63, 3.8) is 0 Å². The van der Waals surface area contributed by atoms with Crippen LogP contribution in [0.1, 0.15) is 11.6 Å². The SMILES string of the molecule is Cc1cc2c(cc3c(=O)n(CC(=O)N4CCOCC4)nc(C)n32)o1. The molecule has 4 rings (SSSR count). The van der Waals surface area contributed by atoms with Gasteiger partial charge in [0.15, 0.2) is 5.58 Å². The average Bonchev–Trinajstić information content (AvgIpc) is 3.09. The van der Waals surface area contributed by atoms with Gasteiger partial charge in [0.05, 0.1) is 18.7 Å². The molecular weight excluding hydrogens is 312 g/mol. The number of aryl methyl sites for hydroxylation is 2. The standard InChI is InChI=1S/C16H18N4O4/c1-10-7-12-14(24-10)8-13-16(22)19(17-11(2)20(12)13)9-15(21)18-3-5-23-6-4-18/h7-8H,3-6,9H2,1-2H3. The Morgan fingerprint density at radius 3 is 2.71 bits per heavy atom. The third kappa shape index (κ3) is 2.30. The zero-order valence-corrected chi connectivity index (χ0v) is 13.6. The lowest BCUT2D eigenvalue weighted by molar-refractivity contribution is -0.136. The van der Waals surface area contributed by atoms with E-state index in [1.54, 1.807) is 15.4 Å². The highest BCUT2D eigenvalue weighted by Gasteiger charge is 2.20. The first kappa shape index (κ1) is 14.9. The average molecular weight is 330 g/mol. The third-order valence-electron chi connectivity index (χ3n) is 4.30. The van der Waals surface area contributed by atoms with Gasteiger partial charge in [-0.05, 0) is 13.8 Å². The number of furan rings is 1. The third-order valence-corrected chi connectivity index (χ3v) is 4.30. The van der Waals surface area contributed by atoms with Crippen molar-refractivity contribution < 1.29 is 13.9 Å². The molecule has 3 aromatic rings. The number of hydrogen-bond acceptors (Lipinski definition) is 5. The van der Waals surface area contributed by atoms with E-state index < -0.39 is 0 Å². The zero-order valence-electron chi connectivity index (χ0n) is 13.6. The summed E-state index contributed by atoms with van der Waals surface area (Å²) in [6.45, 7) is 5.75. The Kier molecular flexibility index (Phi) is 3.42. The van der Waals surface area contributed by atoms with Gasteiger partial charge in [-0.1, -0.05) is 0 Å². The number of nitrogens with zero attached hydrogens (tertiary/aromatic N) is 4. The van der Waals surface area contributed by atoms with Crippen molar-refractivity contribution in [3.05, 3.63) is 34.1 Å². The molecule has 1 aliphatic rings. The smallest absolute Gasteiger partial charge is 0.291 e. The minimum atomic E-state index is -0.300. The molecule has 8 nitrogen and oxygen atoms in total. The number of fused-ring (bicyclic) bond motifs is 3. The Balaban J connectivity index is 1.75. The molecule has 0 radical (unpaired) electrons. The van der Waals surface area contributed by atoms with Crippen molar-refractivity contribution in [1.29, 1.82) is 0 Å². The molecule has 1 saturated heterocycles. The van der Waals surface area contributed by atoms with Crippen LogP contribution in [0.3, 0.4) is 0 Å². The van der Waals surface area contributed by atoms with Gasteiger partial charge in [0, 0.05) is 25.2 Å². The summed E-state index contributed by atoms with van der Waals surface area (Å²) in [5, 5.41) is 4.31. The van der Waals surface area contributed by atoms with E-state index in [0.717, 1.165) is 11.3 Å². The van der Waals surface area contributed by atoms with Crippen molar-refractivity contribution in [1.82, 2.24) is 19.1 Å². The van der Waals surface area contributed by atoms with E-state index in [1.165, 1.54) is 4.68 Å². The van der Waals surface area contributed by atoms with Crippen LogP contribution in [0.15, 0.2) is 21.3 Å². The van der Waals surface area contributed by atoms with Gasteiger partial charge in [-0.15, -0.1) is 0 Å². The van der Waals surface area contributed by atoms with Gasteiger partial charge >= 0.3 is 0 Å². The number of amides is 1. The second kappa shape index (κ2) is 5.48. The van der Waals surface area contributed by atoms with Crippen LogP contribution in [-0.2, 0) is 16.1 Å². The molecule has 1 amide bonds. The summed E-state index contributed by atoms with van der Waals surface area (Å²) in [5.74, 6) is 1.29. The fourth-order valence-electron chi connectivity index (χ4n) is 3.17. The summed E-state index contributed by atoms with van der Waals surface area (Å²) in [6, 6.07) is 3.58. The topological polar surface area (TPSA) is 82.0 Å². The lowest BCUT2D eigenvalue weighted by atomic mass is 10.4. The summed E-state index contributed by atoms with van der Waals surface area (Å²) in [5.41, 5.74) is 1.63. The second-order valence-corrected chi connectivity index (χ2v) is 5.97. The van der Waals surface area contributed by atoms with Gasteiger partial charge in [-0.3, -0.25) is 14.0 Å². The van der Waals surface area contributed by atoms with Crippen molar-refractivity contribution in [2.75, 3.05) is 26.3 Å². The molecule has 0 saturated carbocycles. The zero-order chi connectivity index (χ0) is 16.8. The Morgan fingerprint density at radius 2 is 1.96 bits per heavy atom. The molecule has 126 valence electrons. The van der Waals surface area contributed by atoms with Gasteiger partial charge in [-0.2, -0.15) is 5.10 Å². The molecule has 3 aromatic heterocycles. The number of carbonyl (C=O) groups is 1. The lowest BCUT2D eigenvalue weighted by Gasteiger charge is -2.26. The van der Waals surface area contributed by atoms with E-state index in [2.05, 4.69) is 5.10 Å². The van der Waals surface area contributed by atoms with Crippen molar-refractivity contribution in [3.8, 4) is 0 Å². The van der Waals surface area contributed by atoms with Crippen LogP contribution < -0.4 is 5.56 Å². The molecular formula is C16H18N4O4. The highest BCUT2D eigenvalue weighted by atomic mass is 16.5. The molecule has 4 heterocycles. The Labute approximate surface area is 137 Å². The number of ether oxygens (including phenoxy) is 1. The maximum absolute atomic E-state index is 12.7. The minimum absolute atomic E-state index is 0.0677. The molecule has 24 heavy (non-hydrogen) atoms. The highest BCUT2D eigenvalue weighted by molar-refractivity contribution is 5.83. The van der Waals surface area contributed by atoms with Crippen LogP contribution in [0.5, 0.6) is 0 Å². The predicted molar refractivity (Wildman–Crippen MR) is 86.1 cm³/mol. The largest absolute Gasteiger partial charge is 0.460 e. The van der Waals surface area contributed by atoms with E-state index in [9.17, 15) is 9.59 Å². The van der Waals surface area contributed by atoms with Gasteiger partial charge in [0.2, 0.25) is 5.91 Å². The minimum Gasteiger partial charge on any atom is -0.460 e. The molecule has 0 aliphatic carbocycles. The highest BCUT2D eigenvalue weighted by Crippen LogP contribution is 2.22. The molecule has 0 unspecified atom stereocenters. The fourth-order valence-corrected chi connectivity index (χ4v) is 3.17. The van der Waals surface area contributed by atoms with E-state index in [-0.39, 0.29) is 18.0 Å². The van der Waals surface area contributed by atoms with E-state index in [1.807, 2.05) is 19.9 Å². The fraction of sp³-hybridized carbons (Fsp3) is 0.438. The van der Waals surface area contributed by atoms with E-state index in [4.69, 9.17) is 9.15 Å². The molecule has 1 aliphatic heterocycles. The number of carbonyl (C=O) groups excluding carboxylic acids is 1. The van der Waals surface area contributed by atoms with Crippen LogP contribution in [-0.4, -0.2) is 51.3 Å². The van der Waals surface area contributed by atoms with Gasteiger partial charge in [0.1, 0.15) is 23.6 Å². The molecule has 1 fully saturated rings. The van der Waals surface area contributed by atoms with Crippen LogP contribution in [0.25, 0.3) is 16.6 Å². The van der Waals surface area contributed by atoms with Crippen LogP contribution in [0.4, 0.5) is 0 Å². The monoisotopic (exact) mass is 330 g/mol. The molecule has 0 atom stereocenters. The van der Waals surface area contributed by atoms with Crippen LogP contribution in [0, 0.1) is 13.8 Å². The molecule has 0 N–H and O–H groups in total. The summed E-state index contributed by atoms with van der Waals surface area (Å²) >= 11 is 0. The summed E-state index contributed by atoms with van der Waals surface area (Å²) in [7, 11) is 0. The van der Waals surface area contributed by atoms with Gasteiger partial charge in [0.25, 0.3) is 5.56 Å². The molecule has 0 bridgehead atoms. The van der Waals surface area contributed by atoms with Crippen LogP contribution >= 0.6 is 0 Å². The lowest BCUT2D eigenvalue weighted by Crippen LogP contribution is -2.44. The second-order valence-electron chi connectivity index (χ2n) is 5.97. The Morgan fingerprint density at radius 1 is 1.21 bits per heavy atom. The Hall–Kier alpha value is -2.61. The normalized spacial score (nSPS) is 15.5. The summed E-state index contributed by atoms with van der Waals surface area (Å²) < 4.78 is 13.8.